The summed E-state index contributed by atoms with van der Waals surface area (Å²) in [4.78, 5) is 0. The van der Waals surface area contributed by atoms with Crippen LogP contribution in [0.1, 0.15) is 31.4 Å². The Kier molecular flexibility index (Phi) is 3.19. The third-order valence-electron chi connectivity index (χ3n) is 2.73. The molecule has 0 spiro atoms. The molecule has 1 saturated carbocycles. The van der Waals surface area contributed by atoms with Gasteiger partial charge < -0.3 is 9.52 Å². The first-order valence-electron chi connectivity index (χ1n) is 5.11. The molecule has 0 unspecified atom stereocenters. The van der Waals surface area contributed by atoms with Crippen molar-refractivity contribution in [3.05, 3.63) is 24.2 Å². The van der Waals surface area contributed by atoms with E-state index in [1.54, 1.807) is 18.0 Å². The molecule has 2 nitrogen and oxygen atoms in total. The standard InChI is InChI=1S/C11H16O2S/c12-11(5-1-2-6-11)9-14-8-10-4-3-7-13-10/h3-4,7,12H,1-2,5-6,8-9H2. The molecule has 0 amide bonds. The zero-order valence-electron chi connectivity index (χ0n) is 8.24. The maximum atomic E-state index is 10.1. The lowest BCUT2D eigenvalue weighted by Crippen LogP contribution is -2.27. The van der Waals surface area contributed by atoms with E-state index in [0.717, 1.165) is 30.1 Å². The predicted octanol–water partition coefficient (Wildman–Crippen LogP) is 2.82. The molecule has 2 rings (SSSR count). The molecule has 1 aromatic heterocycles. The highest BCUT2D eigenvalue weighted by Crippen LogP contribution is 2.33. The summed E-state index contributed by atoms with van der Waals surface area (Å²) < 4.78 is 5.23. The summed E-state index contributed by atoms with van der Waals surface area (Å²) in [6, 6.07) is 3.88. The van der Waals surface area contributed by atoms with E-state index < -0.39 is 5.60 Å². The number of aliphatic hydroxyl groups is 1. The van der Waals surface area contributed by atoms with Crippen molar-refractivity contribution in [3.63, 3.8) is 0 Å². The smallest absolute Gasteiger partial charge is 0.113 e. The molecule has 1 aliphatic rings. The maximum absolute atomic E-state index is 10.1. The third-order valence-corrected chi connectivity index (χ3v) is 3.96. The number of hydrogen-bond donors (Lipinski definition) is 1. The lowest BCUT2D eigenvalue weighted by atomic mass is 10.1. The summed E-state index contributed by atoms with van der Waals surface area (Å²) in [5.41, 5.74) is -0.392. The zero-order chi connectivity index (χ0) is 9.86. The Morgan fingerprint density at radius 2 is 2.21 bits per heavy atom. The lowest BCUT2D eigenvalue weighted by Gasteiger charge is -2.20. The molecule has 0 saturated heterocycles. The van der Waals surface area contributed by atoms with Crippen LogP contribution in [0, 0.1) is 0 Å². The van der Waals surface area contributed by atoms with Gasteiger partial charge in [-0.1, -0.05) is 12.8 Å². The van der Waals surface area contributed by atoms with Crippen LogP contribution in [-0.4, -0.2) is 16.5 Å². The molecular formula is C11H16O2S. The van der Waals surface area contributed by atoms with Crippen LogP contribution in [0.25, 0.3) is 0 Å². The zero-order valence-corrected chi connectivity index (χ0v) is 9.05. The van der Waals surface area contributed by atoms with Crippen LogP contribution in [0.15, 0.2) is 22.8 Å². The van der Waals surface area contributed by atoms with Crippen molar-refractivity contribution in [2.45, 2.75) is 37.0 Å². The summed E-state index contributed by atoms with van der Waals surface area (Å²) in [6.45, 7) is 0. The van der Waals surface area contributed by atoms with Gasteiger partial charge in [-0.3, -0.25) is 0 Å². The van der Waals surface area contributed by atoms with Crippen molar-refractivity contribution >= 4 is 11.8 Å². The van der Waals surface area contributed by atoms with E-state index >= 15 is 0 Å². The van der Waals surface area contributed by atoms with Crippen LogP contribution in [-0.2, 0) is 5.75 Å². The fourth-order valence-electron chi connectivity index (χ4n) is 1.91. The summed E-state index contributed by atoms with van der Waals surface area (Å²) in [5.74, 6) is 2.71. The number of hydrogen-bond acceptors (Lipinski definition) is 3. The van der Waals surface area contributed by atoms with E-state index in [9.17, 15) is 5.11 Å². The largest absolute Gasteiger partial charge is 0.468 e. The highest BCUT2D eigenvalue weighted by molar-refractivity contribution is 7.98. The summed E-state index contributed by atoms with van der Waals surface area (Å²) in [7, 11) is 0. The van der Waals surface area contributed by atoms with Crippen molar-refractivity contribution in [1.82, 2.24) is 0 Å². The normalized spacial score (nSPS) is 20.1. The molecule has 14 heavy (non-hydrogen) atoms. The maximum Gasteiger partial charge on any atom is 0.113 e. The minimum absolute atomic E-state index is 0.392. The second-order valence-electron chi connectivity index (χ2n) is 4.00. The molecule has 1 aromatic rings. The van der Waals surface area contributed by atoms with Crippen LogP contribution in [0.4, 0.5) is 0 Å². The van der Waals surface area contributed by atoms with Gasteiger partial charge in [0.2, 0.25) is 0 Å². The fourth-order valence-corrected chi connectivity index (χ4v) is 3.05. The first-order valence-corrected chi connectivity index (χ1v) is 6.27. The van der Waals surface area contributed by atoms with Gasteiger partial charge in [0.15, 0.2) is 0 Å². The Labute approximate surface area is 88.7 Å². The molecule has 1 aliphatic carbocycles. The number of furan rings is 1. The number of rotatable bonds is 4. The lowest BCUT2D eigenvalue weighted by molar-refractivity contribution is 0.0732. The molecule has 1 fully saturated rings. The van der Waals surface area contributed by atoms with Crippen molar-refractivity contribution in [1.29, 1.82) is 0 Å². The Bertz CT molecular complexity index is 263. The van der Waals surface area contributed by atoms with Crippen LogP contribution < -0.4 is 0 Å². The summed E-state index contributed by atoms with van der Waals surface area (Å²) >= 11 is 1.76. The topological polar surface area (TPSA) is 33.4 Å². The van der Waals surface area contributed by atoms with Gasteiger partial charge in [-0.15, -0.1) is 0 Å². The Balaban J connectivity index is 1.72. The van der Waals surface area contributed by atoms with E-state index in [0.29, 0.717) is 0 Å². The van der Waals surface area contributed by atoms with Crippen LogP contribution >= 0.6 is 11.8 Å². The molecule has 0 radical (unpaired) electrons. The first kappa shape index (κ1) is 10.1. The highest BCUT2D eigenvalue weighted by atomic mass is 32.2. The summed E-state index contributed by atoms with van der Waals surface area (Å²) in [6.07, 6.45) is 5.99. The molecule has 78 valence electrons. The molecule has 0 bridgehead atoms. The highest BCUT2D eigenvalue weighted by Gasteiger charge is 2.30. The molecule has 1 N–H and O–H groups in total. The molecular weight excluding hydrogens is 196 g/mol. The van der Waals surface area contributed by atoms with Crippen molar-refractivity contribution in [3.8, 4) is 0 Å². The van der Waals surface area contributed by atoms with Gasteiger partial charge in [-0.25, -0.2) is 0 Å². The monoisotopic (exact) mass is 212 g/mol. The van der Waals surface area contributed by atoms with Crippen LogP contribution in [0.2, 0.25) is 0 Å². The van der Waals surface area contributed by atoms with E-state index in [4.69, 9.17) is 4.42 Å². The second kappa shape index (κ2) is 4.41. The molecule has 0 atom stereocenters. The molecule has 3 heteroatoms. The minimum Gasteiger partial charge on any atom is -0.468 e. The number of thioether (sulfide) groups is 1. The first-order chi connectivity index (χ1) is 6.79. The van der Waals surface area contributed by atoms with E-state index in [-0.39, 0.29) is 0 Å². The SMILES string of the molecule is OC1(CSCc2ccco2)CCCC1. The van der Waals surface area contributed by atoms with Gasteiger partial charge in [-0.05, 0) is 25.0 Å². The van der Waals surface area contributed by atoms with Crippen molar-refractivity contribution in [2.24, 2.45) is 0 Å². The fraction of sp³-hybridized carbons (Fsp3) is 0.636. The Morgan fingerprint density at radius 1 is 1.43 bits per heavy atom. The van der Waals surface area contributed by atoms with E-state index in [2.05, 4.69) is 0 Å². The van der Waals surface area contributed by atoms with Crippen molar-refractivity contribution < 1.29 is 9.52 Å². The van der Waals surface area contributed by atoms with E-state index in [1.165, 1.54) is 12.8 Å². The van der Waals surface area contributed by atoms with E-state index in [1.807, 2.05) is 12.1 Å². The van der Waals surface area contributed by atoms with Gasteiger partial charge in [-0.2, -0.15) is 11.8 Å². The average Bonchev–Trinajstić information content (AvgIpc) is 2.77. The van der Waals surface area contributed by atoms with Gasteiger partial charge in [0.25, 0.3) is 0 Å². The average molecular weight is 212 g/mol. The quantitative estimate of drug-likeness (QED) is 0.833. The van der Waals surface area contributed by atoms with Crippen molar-refractivity contribution in [2.75, 3.05) is 5.75 Å². The van der Waals surface area contributed by atoms with Gasteiger partial charge in [0.05, 0.1) is 17.6 Å². The van der Waals surface area contributed by atoms with Gasteiger partial charge in [0, 0.05) is 5.75 Å². The molecule has 1 heterocycles. The Morgan fingerprint density at radius 3 is 2.86 bits per heavy atom. The third kappa shape index (κ3) is 2.55. The van der Waals surface area contributed by atoms with Gasteiger partial charge in [0.1, 0.15) is 5.76 Å². The Hall–Kier alpha value is -0.410. The molecule has 0 aliphatic heterocycles. The van der Waals surface area contributed by atoms with Gasteiger partial charge >= 0.3 is 0 Å². The predicted molar refractivity (Wildman–Crippen MR) is 58.3 cm³/mol. The summed E-state index contributed by atoms with van der Waals surface area (Å²) in [5, 5.41) is 10.1. The van der Waals surface area contributed by atoms with Crippen LogP contribution in [0.3, 0.4) is 0 Å². The second-order valence-corrected chi connectivity index (χ2v) is 4.99. The molecule has 0 aromatic carbocycles. The minimum atomic E-state index is -0.392. The van der Waals surface area contributed by atoms with Crippen LogP contribution in [0.5, 0.6) is 0 Å².